The second-order valence-corrected chi connectivity index (χ2v) is 9.32. The molecule has 5 rings (SSSR count). The van der Waals surface area contributed by atoms with E-state index in [-0.39, 0.29) is 0 Å². The smallest absolute Gasteiger partial charge is 0.0266 e. The fourth-order valence-corrected chi connectivity index (χ4v) is 7.44. The third kappa shape index (κ3) is 1.74. The van der Waals surface area contributed by atoms with Crippen LogP contribution in [0.15, 0.2) is 0 Å². The average molecular weight is 303 g/mol. The minimum Gasteiger partial charge on any atom is -0.316 e. The summed E-state index contributed by atoms with van der Waals surface area (Å²) in [4.78, 5) is 3.10. The number of hydrogen-bond acceptors (Lipinski definition) is 3. The Bertz CT molecular complexity index is 448. The van der Waals surface area contributed by atoms with Gasteiger partial charge in [0, 0.05) is 24.2 Å². The number of rotatable bonds is 0. The molecule has 0 aromatic rings. The molecular weight excluding hydrogens is 270 g/mol. The molecule has 0 spiro atoms. The summed E-state index contributed by atoms with van der Waals surface area (Å²) >= 11 is 0. The Morgan fingerprint density at radius 1 is 0.909 bits per heavy atom. The van der Waals surface area contributed by atoms with Gasteiger partial charge in [0.25, 0.3) is 0 Å². The Kier molecular flexibility index (Phi) is 3.20. The van der Waals surface area contributed by atoms with Crippen LogP contribution in [-0.4, -0.2) is 48.7 Å². The van der Waals surface area contributed by atoms with Crippen LogP contribution in [0.3, 0.4) is 0 Å². The first-order valence-corrected chi connectivity index (χ1v) is 9.91. The van der Waals surface area contributed by atoms with Gasteiger partial charge in [-0.3, -0.25) is 4.90 Å². The third-order valence-corrected chi connectivity index (χ3v) is 8.30. The van der Waals surface area contributed by atoms with E-state index in [9.17, 15) is 0 Å². The van der Waals surface area contributed by atoms with Crippen LogP contribution >= 0.6 is 0 Å². The van der Waals surface area contributed by atoms with Crippen molar-refractivity contribution >= 4 is 0 Å². The SMILES string of the molecule is CC1(C)C2CNCCC2N2C3CCCNC3C3CCCC1C32. The van der Waals surface area contributed by atoms with Gasteiger partial charge in [0.2, 0.25) is 0 Å². The maximum absolute atomic E-state index is 3.96. The summed E-state index contributed by atoms with van der Waals surface area (Å²) in [6.45, 7) is 8.98. The molecule has 7 unspecified atom stereocenters. The fraction of sp³-hybridized carbons (Fsp3) is 1.00. The van der Waals surface area contributed by atoms with Gasteiger partial charge >= 0.3 is 0 Å². The lowest BCUT2D eigenvalue weighted by atomic mass is 9.55. The Morgan fingerprint density at radius 3 is 2.73 bits per heavy atom. The highest BCUT2D eigenvalue weighted by atomic mass is 15.3. The Balaban J connectivity index is 1.59. The van der Waals surface area contributed by atoms with Gasteiger partial charge in [-0.2, -0.15) is 0 Å². The van der Waals surface area contributed by atoms with Gasteiger partial charge in [-0.1, -0.05) is 20.3 Å². The van der Waals surface area contributed by atoms with Crippen molar-refractivity contribution in [2.75, 3.05) is 19.6 Å². The van der Waals surface area contributed by atoms with Crippen LogP contribution in [-0.2, 0) is 0 Å². The maximum atomic E-state index is 3.96. The first-order chi connectivity index (χ1) is 10.7. The highest BCUT2D eigenvalue weighted by Crippen LogP contribution is 2.58. The summed E-state index contributed by atoms with van der Waals surface area (Å²) in [5, 5.41) is 7.68. The second-order valence-electron chi connectivity index (χ2n) is 9.32. The van der Waals surface area contributed by atoms with Crippen LogP contribution < -0.4 is 10.6 Å². The molecule has 124 valence electrons. The van der Waals surface area contributed by atoms with Gasteiger partial charge in [0.15, 0.2) is 0 Å². The lowest BCUT2D eigenvalue weighted by Crippen LogP contribution is -2.67. The molecule has 2 N–H and O–H groups in total. The first-order valence-electron chi connectivity index (χ1n) is 9.91. The van der Waals surface area contributed by atoms with Gasteiger partial charge in [-0.15, -0.1) is 0 Å². The molecule has 22 heavy (non-hydrogen) atoms. The van der Waals surface area contributed by atoms with Crippen LogP contribution in [0.2, 0.25) is 0 Å². The van der Waals surface area contributed by atoms with Crippen LogP contribution in [0.5, 0.6) is 0 Å². The fourth-order valence-electron chi connectivity index (χ4n) is 7.44. The predicted molar refractivity (Wildman–Crippen MR) is 89.8 cm³/mol. The molecule has 5 aliphatic rings. The van der Waals surface area contributed by atoms with E-state index < -0.39 is 0 Å². The van der Waals surface area contributed by atoms with E-state index >= 15 is 0 Å². The molecule has 1 aliphatic carbocycles. The second kappa shape index (κ2) is 4.94. The topological polar surface area (TPSA) is 27.3 Å². The molecule has 3 heteroatoms. The minimum absolute atomic E-state index is 0.519. The zero-order valence-electron chi connectivity index (χ0n) is 14.4. The first kappa shape index (κ1) is 14.2. The Hall–Kier alpha value is -0.120. The van der Waals surface area contributed by atoms with Crippen molar-refractivity contribution in [2.24, 2.45) is 23.2 Å². The molecule has 4 saturated heterocycles. The van der Waals surface area contributed by atoms with E-state index in [0.29, 0.717) is 5.41 Å². The van der Waals surface area contributed by atoms with E-state index in [4.69, 9.17) is 0 Å². The van der Waals surface area contributed by atoms with Gasteiger partial charge in [-0.25, -0.2) is 0 Å². The van der Waals surface area contributed by atoms with Gasteiger partial charge < -0.3 is 10.6 Å². The van der Waals surface area contributed by atoms with E-state index in [1.54, 1.807) is 0 Å². The van der Waals surface area contributed by atoms with Gasteiger partial charge in [0.05, 0.1) is 0 Å². The zero-order chi connectivity index (χ0) is 14.9. The molecule has 1 saturated carbocycles. The highest BCUT2D eigenvalue weighted by molar-refractivity contribution is 5.17. The molecule has 0 aromatic heterocycles. The van der Waals surface area contributed by atoms with E-state index in [1.807, 2.05) is 0 Å². The van der Waals surface area contributed by atoms with Crippen LogP contribution in [0.25, 0.3) is 0 Å². The van der Waals surface area contributed by atoms with Crippen molar-refractivity contribution < 1.29 is 0 Å². The van der Waals surface area contributed by atoms with Crippen molar-refractivity contribution in [1.82, 2.24) is 15.5 Å². The summed E-state index contributed by atoms with van der Waals surface area (Å²) in [5.74, 6) is 2.74. The molecule has 7 atom stereocenters. The zero-order valence-corrected chi connectivity index (χ0v) is 14.4. The van der Waals surface area contributed by atoms with Crippen LogP contribution in [0, 0.1) is 23.2 Å². The predicted octanol–water partition coefficient (Wildman–Crippen LogP) is 2.23. The molecular formula is C19H33N3. The van der Waals surface area contributed by atoms with Crippen molar-refractivity contribution in [3.63, 3.8) is 0 Å². The Labute approximate surface area is 135 Å². The largest absolute Gasteiger partial charge is 0.316 e. The molecule has 4 aliphatic heterocycles. The lowest BCUT2D eigenvalue weighted by Gasteiger charge is -2.61. The van der Waals surface area contributed by atoms with Crippen molar-refractivity contribution in [3.8, 4) is 0 Å². The molecule has 0 radical (unpaired) electrons. The van der Waals surface area contributed by atoms with E-state index in [0.717, 1.165) is 41.9 Å². The molecule has 0 amide bonds. The number of nitrogens with zero attached hydrogens (tertiary/aromatic N) is 1. The standard InChI is InChI=1S/C19H33N3/c1-19(2)13-6-3-5-12-17-16(7-4-9-21-17)22(18(12)13)15-8-10-20-11-14(15)19/h12-18,20-21H,3-11H2,1-2H3. The number of hydrogen-bond donors (Lipinski definition) is 2. The molecule has 3 nitrogen and oxygen atoms in total. The number of piperidine rings is 3. The van der Waals surface area contributed by atoms with E-state index in [1.165, 1.54) is 58.2 Å². The summed E-state index contributed by atoms with van der Waals surface area (Å²) in [5.41, 5.74) is 0.519. The average Bonchev–Trinajstić information content (AvgIpc) is 2.88. The monoisotopic (exact) mass is 303 g/mol. The Morgan fingerprint density at radius 2 is 1.82 bits per heavy atom. The number of nitrogens with one attached hydrogen (secondary N) is 2. The highest BCUT2D eigenvalue weighted by Gasteiger charge is 2.63. The summed E-state index contributed by atoms with van der Waals surface area (Å²) < 4.78 is 0. The molecule has 5 fully saturated rings. The van der Waals surface area contributed by atoms with Crippen molar-refractivity contribution in [2.45, 2.75) is 76.5 Å². The summed E-state index contributed by atoms with van der Waals surface area (Å²) in [7, 11) is 0. The molecule has 4 heterocycles. The minimum atomic E-state index is 0.519. The molecule has 0 aromatic carbocycles. The summed E-state index contributed by atoms with van der Waals surface area (Å²) in [6, 6.07) is 3.41. The number of fused-ring (bicyclic) bond motifs is 5. The molecule has 0 bridgehead atoms. The quantitative estimate of drug-likeness (QED) is 0.718. The van der Waals surface area contributed by atoms with Gasteiger partial charge in [0.1, 0.15) is 0 Å². The van der Waals surface area contributed by atoms with Crippen LogP contribution in [0.1, 0.15) is 52.4 Å². The maximum Gasteiger partial charge on any atom is 0.0266 e. The third-order valence-electron chi connectivity index (χ3n) is 8.30. The van der Waals surface area contributed by atoms with Gasteiger partial charge in [-0.05, 0) is 74.9 Å². The van der Waals surface area contributed by atoms with Crippen LogP contribution in [0.4, 0.5) is 0 Å². The van der Waals surface area contributed by atoms with Crippen molar-refractivity contribution in [3.05, 3.63) is 0 Å². The van der Waals surface area contributed by atoms with E-state index in [2.05, 4.69) is 29.4 Å². The van der Waals surface area contributed by atoms with Crippen molar-refractivity contribution in [1.29, 1.82) is 0 Å². The lowest BCUT2D eigenvalue weighted by molar-refractivity contribution is -0.118. The normalized spacial score (nSPS) is 53.5. The summed E-state index contributed by atoms with van der Waals surface area (Å²) in [6.07, 6.45) is 8.66.